The first-order chi connectivity index (χ1) is 5.59. The Bertz CT molecular complexity index is 281. The fraction of sp³-hybridized carbons (Fsp3) is 0.429. The lowest BCUT2D eigenvalue weighted by Crippen LogP contribution is -2.04. The fourth-order valence-electron chi connectivity index (χ4n) is 0.806. The van der Waals surface area contributed by atoms with Gasteiger partial charge in [0, 0.05) is 6.07 Å². The van der Waals surface area contributed by atoms with Crippen LogP contribution in [0, 0.1) is 6.92 Å². The minimum atomic E-state index is -1.11. The van der Waals surface area contributed by atoms with Gasteiger partial charge in [0.05, 0.1) is 12.1 Å². The van der Waals surface area contributed by atoms with E-state index in [9.17, 15) is 9.90 Å². The summed E-state index contributed by atoms with van der Waals surface area (Å²) in [5.41, 5.74) is 0.620. The van der Waals surface area contributed by atoms with E-state index >= 15 is 0 Å². The Morgan fingerprint density at radius 1 is 1.83 bits per heavy atom. The number of carboxylic acid groups (broad SMARTS) is 1. The number of hydrogen-bond acceptors (Lipinski definition) is 4. The Kier molecular flexibility index (Phi) is 2.44. The van der Waals surface area contributed by atoms with Crippen LogP contribution in [0.5, 0.6) is 0 Å². The normalized spacial score (nSPS) is 12.8. The van der Waals surface area contributed by atoms with E-state index in [-0.39, 0.29) is 12.2 Å². The second-order valence-corrected chi connectivity index (χ2v) is 2.48. The first-order valence-corrected chi connectivity index (χ1v) is 3.42. The zero-order valence-corrected chi connectivity index (χ0v) is 6.52. The molecule has 5 nitrogen and oxygen atoms in total. The predicted molar refractivity (Wildman–Crippen MR) is 38.5 cm³/mol. The summed E-state index contributed by atoms with van der Waals surface area (Å²) in [4.78, 5) is 10.2. The Morgan fingerprint density at radius 2 is 2.50 bits per heavy atom. The Balaban J connectivity index is 2.64. The number of aryl methyl sites for hydroxylation is 1. The largest absolute Gasteiger partial charge is 0.481 e. The van der Waals surface area contributed by atoms with Crippen molar-refractivity contribution in [2.75, 3.05) is 0 Å². The molecular weight excluding hydrogens is 162 g/mol. The third kappa shape index (κ3) is 2.06. The molecule has 1 aromatic heterocycles. The zero-order valence-electron chi connectivity index (χ0n) is 6.52. The highest BCUT2D eigenvalue weighted by Crippen LogP contribution is 2.16. The van der Waals surface area contributed by atoms with Gasteiger partial charge in [0.2, 0.25) is 0 Å². The lowest BCUT2D eigenvalue weighted by Gasteiger charge is -2.00. The molecule has 12 heavy (non-hydrogen) atoms. The second-order valence-electron chi connectivity index (χ2n) is 2.48. The molecule has 0 saturated carbocycles. The second kappa shape index (κ2) is 3.36. The maximum atomic E-state index is 10.2. The van der Waals surface area contributed by atoms with Crippen LogP contribution in [-0.4, -0.2) is 21.3 Å². The summed E-state index contributed by atoms with van der Waals surface area (Å²) < 4.78 is 4.66. The minimum absolute atomic E-state index is 0.190. The van der Waals surface area contributed by atoms with Gasteiger partial charge in [0.25, 0.3) is 0 Å². The quantitative estimate of drug-likeness (QED) is 0.691. The molecule has 0 aliphatic heterocycles. The molecule has 1 atom stereocenters. The monoisotopic (exact) mass is 171 g/mol. The van der Waals surface area contributed by atoms with E-state index in [1.165, 1.54) is 6.07 Å². The summed E-state index contributed by atoms with van der Waals surface area (Å²) in [6.07, 6.45) is -1.47. The van der Waals surface area contributed by atoms with E-state index in [0.29, 0.717) is 5.69 Å². The molecule has 0 fully saturated rings. The molecule has 0 aromatic carbocycles. The molecular formula is C7H9NO4. The van der Waals surface area contributed by atoms with Crippen molar-refractivity contribution in [2.45, 2.75) is 19.4 Å². The lowest BCUT2D eigenvalue weighted by atomic mass is 10.2. The average molecular weight is 171 g/mol. The van der Waals surface area contributed by atoms with Crippen LogP contribution in [0.3, 0.4) is 0 Å². The van der Waals surface area contributed by atoms with Crippen molar-refractivity contribution in [3.63, 3.8) is 0 Å². The molecule has 1 heterocycles. The number of nitrogens with zero attached hydrogens (tertiary/aromatic N) is 1. The van der Waals surface area contributed by atoms with Crippen molar-refractivity contribution in [1.82, 2.24) is 5.16 Å². The van der Waals surface area contributed by atoms with Crippen LogP contribution in [0.1, 0.15) is 24.0 Å². The summed E-state index contributed by atoms with van der Waals surface area (Å²) in [6.45, 7) is 1.69. The number of carbonyl (C=O) groups is 1. The number of aliphatic hydroxyl groups excluding tert-OH is 1. The van der Waals surface area contributed by atoms with E-state index in [1.807, 2.05) is 0 Å². The molecule has 0 amide bonds. The highest BCUT2D eigenvalue weighted by molar-refractivity contribution is 5.67. The van der Waals surface area contributed by atoms with Gasteiger partial charge in [-0.1, -0.05) is 5.16 Å². The number of rotatable bonds is 3. The van der Waals surface area contributed by atoms with Gasteiger partial charge >= 0.3 is 5.97 Å². The van der Waals surface area contributed by atoms with E-state index < -0.39 is 12.1 Å². The van der Waals surface area contributed by atoms with Crippen LogP contribution in [0.25, 0.3) is 0 Å². The van der Waals surface area contributed by atoms with Gasteiger partial charge in [-0.05, 0) is 6.92 Å². The molecule has 0 saturated heterocycles. The van der Waals surface area contributed by atoms with Crippen LogP contribution in [0.15, 0.2) is 10.6 Å². The third-order valence-electron chi connectivity index (χ3n) is 1.34. The lowest BCUT2D eigenvalue weighted by molar-refractivity contribution is -0.139. The first kappa shape index (κ1) is 8.73. The van der Waals surface area contributed by atoms with Crippen molar-refractivity contribution in [2.24, 2.45) is 0 Å². The van der Waals surface area contributed by atoms with Gasteiger partial charge in [-0.25, -0.2) is 0 Å². The summed E-state index contributed by atoms with van der Waals surface area (Å²) in [5.74, 6) is -0.883. The number of aliphatic hydroxyl groups is 1. The molecule has 0 spiro atoms. The molecule has 1 aromatic rings. The summed E-state index contributed by atoms with van der Waals surface area (Å²) in [5, 5.41) is 21.0. The smallest absolute Gasteiger partial charge is 0.306 e. The highest BCUT2D eigenvalue weighted by Gasteiger charge is 2.16. The Morgan fingerprint density at radius 3 is 2.92 bits per heavy atom. The Labute approximate surface area is 68.6 Å². The Hall–Kier alpha value is -1.36. The van der Waals surface area contributed by atoms with Crippen molar-refractivity contribution in [3.05, 3.63) is 17.5 Å². The fourth-order valence-corrected chi connectivity index (χ4v) is 0.806. The molecule has 5 heteroatoms. The highest BCUT2D eigenvalue weighted by atomic mass is 16.5. The van der Waals surface area contributed by atoms with Crippen LogP contribution < -0.4 is 0 Å². The van der Waals surface area contributed by atoms with Gasteiger partial charge in [0.15, 0.2) is 5.76 Å². The van der Waals surface area contributed by atoms with E-state index in [1.54, 1.807) is 6.92 Å². The number of hydrogen-bond donors (Lipinski definition) is 2. The van der Waals surface area contributed by atoms with Crippen LogP contribution >= 0.6 is 0 Å². The topological polar surface area (TPSA) is 83.6 Å². The molecule has 66 valence electrons. The SMILES string of the molecule is Cc1cc([C@@H](O)CC(=O)O)on1. The van der Waals surface area contributed by atoms with Crippen molar-refractivity contribution in [1.29, 1.82) is 0 Å². The summed E-state index contributed by atoms with van der Waals surface area (Å²) >= 11 is 0. The van der Waals surface area contributed by atoms with Crippen LogP contribution in [-0.2, 0) is 4.79 Å². The summed E-state index contributed by atoms with van der Waals surface area (Å²) in [7, 11) is 0. The maximum Gasteiger partial charge on any atom is 0.306 e. The van der Waals surface area contributed by atoms with E-state index in [4.69, 9.17) is 5.11 Å². The molecule has 2 N–H and O–H groups in total. The minimum Gasteiger partial charge on any atom is -0.481 e. The molecule has 0 aliphatic rings. The molecule has 0 radical (unpaired) electrons. The third-order valence-corrected chi connectivity index (χ3v) is 1.34. The molecule has 0 bridgehead atoms. The first-order valence-electron chi connectivity index (χ1n) is 3.42. The van der Waals surface area contributed by atoms with E-state index in [0.717, 1.165) is 0 Å². The number of aromatic nitrogens is 1. The number of aliphatic carboxylic acids is 1. The van der Waals surface area contributed by atoms with Crippen LogP contribution in [0.4, 0.5) is 0 Å². The van der Waals surface area contributed by atoms with Crippen LogP contribution in [0.2, 0.25) is 0 Å². The van der Waals surface area contributed by atoms with Gasteiger partial charge in [-0.3, -0.25) is 4.79 Å². The van der Waals surface area contributed by atoms with Gasteiger partial charge < -0.3 is 14.7 Å². The van der Waals surface area contributed by atoms with Crippen molar-refractivity contribution in [3.8, 4) is 0 Å². The predicted octanol–water partition coefficient (Wildman–Crippen LogP) is 0.491. The van der Waals surface area contributed by atoms with E-state index in [2.05, 4.69) is 9.68 Å². The molecule has 0 unspecified atom stereocenters. The van der Waals surface area contributed by atoms with Crippen molar-refractivity contribution < 1.29 is 19.5 Å². The molecule has 1 rings (SSSR count). The maximum absolute atomic E-state index is 10.2. The van der Waals surface area contributed by atoms with Gasteiger partial charge in [-0.15, -0.1) is 0 Å². The van der Waals surface area contributed by atoms with Gasteiger partial charge in [0.1, 0.15) is 6.10 Å². The standard InChI is InChI=1S/C7H9NO4/c1-4-2-6(12-8-4)5(9)3-7(10)11/h2,5,9H,3H2,1H3,(H,10,11)/t5-/m0/s1. The van der Waals surface area contributed by atoms with Crippen molar-refractivity contribution >= 4 is 5.97 Å². The summed E-state index contributed by atoms with van der Waals surface area (Å²) in [6, 6.07) is 1.51. The average Bonchev–Trinajstić information content (AvgIpc) is 2.34. The van der Waals surface area contributed by atoms with Gasteiger partial charge in [-0.2, -0.15) is 0 Å². The number of carboxylic acids is 1. The molecule has 0 aliphatic carbocycles. The zero-order chi connectivity index (χ0) is 9.14.